The summed E-state index contributed by atoms with van der Waals surface area (Å²) in [6.45, 7) is 4.31. The van der Waals surface area contributed by atoms with Crippen molar-refractivity contribution in [2.45, 2.75) is 23.6 Å². The Bertz CT molecular complexity index is 788. The molecule has 1 aliphatic rings. The molecule has 0 amide bonds. The zero-order valence-electron chi connectivity index (χ0n) is 12.7. The van der Waals surface area contributed by atoms with Crippen molar-refractivity contribution in [2.75, 3.05) is 4.90 Å². The van der Waals surface area contributed by atoms with E-state index in [1.807, 2.05) is 11.8 Å². The molecule has 3 aromatic rings. The molecule has 0 atom stereocenters. The van der Waals surface area contributed by atoms with Crippen LogP contribution in [0.5, 0.6) is 0 Å². The number of hydrogen-bond donors (Lipinski definition) is 0. The zero-order chi connectivity index (χ0) is 15.1. The Balaban J connectivity index is 1.99. The van der Waals surface area contributed by atoms with Crippen LogP contribution < -0.4 is 4.90 Å². The van der Waals surface area contributed by atoms with Crippen LogP contribution in [-0.2, 0) is 0 Å². The minimum Gasteiger partial charge on any atom is -0.308 e. The Morgan fingerprint density at radius 3 is 1.77 bits per heavy atom. The fourth-order valence-electron chi connectivity index (χ4n) is 2.88. The number of aryl methyl sites for hydroxylation is 2. The van der Waals surface area contributed by atoms with E-state index in [1.165, 1.54) is 38.0 Å². The van der Waals surface area contributed by atoms with Gasteiger partial charge >= 0.3 is 0 Å². The van der Waals surface area contributed by atoms with Crippen LogP contribution in [0.1, 0.15) is 11.1 Å². The van der Waals surface area contributed by atoms with E-state index in [2.05, 4.69) is 85.5 Å². The molecule has 3 aromatic carbocycles. The number of para-hydroxylation sites is 1. The average molecular weight is 303 g/mol. The number of rotatable bonds is 1. The average Bonchev–Trinajstić information content (AvgIpc) is 2.54. The predicted octanol–water partition coefficient (Wildman–Crippen LogP) is 6.24. The number of anilines is 3. The number of hydrogen-bond acceptors (Lipinski definition) is 2. The van der Waals surface area contributed by atoms with Gasteiger partial charge in [-0.3, -0.25) is 0 Å². The molecule has 0 radical (unpaired) electrons. The Morgan fingerprint density at radius 2 is 1.23 bits per heavy atom. The second-order valence-electron chi connectivity index (χ2n) is 5.72. The summed E-state index contributed by atoms with van der Waals surface area (Å²) in [4.78, 5) is 5.00. The normalized spacial score (nSPS) is 12.7. The fourth-order valence-corrected chi connectivity index (χ4v) is 3.90. The fraction of sp³-hybridized carbons (Fsp3) is 0.100. The Labute approximate surface area is 135 Å². The molecule has 1 aliphatic heterocycles. The topological polar surface area (TPSA) is 3.24 Å². The molecule has 22 heavy (non-hydrogen) atoms. The molecule has 0 saturated carbocycles. The first-order valence-corrected chi connectivity index (χ1v) is 8.28. The number of benzene rings is 3. The lowest BCUT2D eigenvalue weighted by Gasteiger charge is -2.33. The van der Waals surface area contributed by atoms with Crippen molar-refractivity contribution in [3.05, 3.63) is 77.9 Å². The summed E-state index contributed by atoms with van der Waals surface area (Å²) >= 11 is 1.86. The summed E-state index contributed by atoms with van der Waals surface area (Å²) in [5.74, 6) is 0. The molecule has 4 rings (SSSR count). The Morgan fingerprint density at radius 1 is 0.682 bits per heavy atom. The summed E-state index contributed by atoms with van der Waals surface area (Å²) in [5, 5.41) is 0. The van der Waals surface area contributed by atoms with Gasteiger partial charge in [-0.05, 0) is 61.4 Å². The standard InChI is InChI=1S/C20H17NS/c1-14-8-10-19-17(12-14)21(16-6-4-3-5-7-16)18-13-15(2)9-11-20(18)22-19/h3-13H,1-2H3. The minimum absolute atomic E-state index is 1.21. The molecule has 0 N–H and O–H groups in total. The summed E-state index contributed by atoms with van der Waals surface area (Å²) < 4.78 is 0. The highest BCUT2D eigenvalue weighted by molar-refractivity contribution is 7.99. The van der Waals surface area contributed by atoms with Crippen molar-refractivity contribution in [3.63, 3.8) is 0 Å². The largest absolute Gasteiger partial charge is 0.308 e. The summed E-state index contributed by atoms with van der Waals surface area (Å²) in [5.41, 5.74) is 6.33. The van der Waals surface area contributed by atoms with Gasteiger partial charge in [-0.2, -0.15) is 0 Å². The molecule has 0 spiro atoms. The Hall–Kier alpha value is -2.19. The lowest BCUT2D eigenvalue weighted by Crippen LogP contribution is -2.15. The van der Waals surface area contributed by atoms with Gasteiger partial charge in [0.2, 0.25) is 0 Å². The van der Waals surface area contributed by atoms with E-state index >= 15 is 0 Å². The van der Waals surface area contributed by atoms with Crippen LogP contribution in [-0.4, -0.2) is 0 Å². The van der Waals surface area contributed by atoms with Crippen LogP contribution in [0.3, 0.4) is 0 Å². The molecule has 0 saturated heterocycles. The van der Waals surface area contributed by atoms with Gasteiger partial charge in [0, 0.05) is 15.5 Å². The van der Waals surface area contributed by atoms with Crippen LogP contribution in [0, 0.1) is 13.8 Å². The second kappa shape index (κ2) is 5.22. The summed E-state index contributed by atoms with van der Waals surface area (Å²) in [6.07, 6.45) is 0. The maximum absolute atomic E-state index is 2.38. The van der Waals surface area contributed by atoms with Crippen LogP contribution >= 0.6 is 11.8 Å². The van der Waals surface area contributed by atoms with Crippen molar-refractivity contribution in [1.82, 2.24) is 0 Å². The van der Waals surface area contributed by atoms with E-state index in [9.17, 15) is 0 Å². The smallest absolute Gasteiger partial charge is 0.0604 e. The first kappa shape index (κ1) is 13.5. The first-order chi connectivity index (χ1) is 10.7. The lowest BCUT2D eigenvalue weighted by atomic mass is 10.1. The highest BCUT2D eigenvalue weighted by Crippen LogP contribution is 2.51. The SMILES string of the molecule is Cc1ccc2c(c1)N(c1ccccc1)c1cc(C)ccc1S2. The van der Waals surface area contributed by atoms with Crippen molar-refractivity contribution in [1.29, 1.82) is 0 Å². The first-order valence-electron chi connectivity index (χ1n) is 7.47. The second-order valence-corrected chi connectivity index (χ2v) is 6.80. The monoisotopic (exact) mass is 303 g/mol. The molecule has 2 heteroatoms. The molecule has 0 aromatic heterocycles. The van der Waals surface area contributed by atoms with E-state index in [1.54, 1.807) is 0 Å². The van der Waals surface area contributed by atoms with E-state index in [0.717, 1.165) is 0 Å². The van der Waals surface area contributed by atoms with Gasteiger partial charge in [0.05, 0.1) is 11.4 Å². The number of fused-ring (bicyclic) bond motifs is 2. The van der Waals surface area contributed by atoms with Gasteiger partial charge in [-0.1, -0.05) is 42.1 Å². The van der Waals surface area contributed by atoms with Gasteiger partial charge in [0.25, 0.3) is 0 Å². The van der Waals surface area contributed by atoms with Crippen LogP contribution in [0.2, 0.25) is 0 Å². The molecule has 0 unspecified atom stereocenters. The molecule has 108 valence electrons. The third kappa shape index (κ3) is 2.20. The molecular formula is C20H17NS. The maximum Gasteiger partial charge on any atom is 0.0604 e. The van der Waals surface area contributed by atoms with Gasteiger partial charge in [-0.25, -0.2) is 0 Å². The van der Waals surface area contributed by atoms with Crippen molar-refractivity contribution >= 4 is 28.8 Å². The molecule has 1 heterocycles. The minimum atomic E-state index is 1.21. The zero-order valence-corrected chi connectivity index (χ0v) is 13.5. The molecular weight excluding hydrogens is 286 g/mol. The van der Waals surface area contributed by atoms with Crippen LogP contribution in [0.25, 0.3) is 0 Å². The van der Waals surface area contributed by atoms with E-state index in [0.29, 0.717) is 0 Å². The highest BCUT2D eigenvalue weighted by Gasteiger charge is 2.24. The Kier molecular flexibility index (Phi) is 3.20. The quantitative estimate of drug-likeness (QED) is 0.409. The van der Waals surface area contributed by atoms with Crippen LogP contribution in [0.15, 0.2) is 76.5 Å². The van der Waals surface area contributed by atoms with Crippen LogP contribution in [0.4, 0.5) is 17.1 Å². The molecule has 0 aliphatic carbocycles. The van der Waals surface area contributed by atoms with Crippen molar-refractivity contribution in [3.8, 4) is 0 Å². The van der Waals surface area contributed by atoms with Gasteiger partial charge < -0.3 is 4.90 Å². The summed E-state index contributed by atoms with van der Waals surface area (Å²) in [6, 6.07) is 24.0. The van der Waals surface area contributed by atoms with Gasteiger partial charge in [-0.15, -0.1) is 0 Å². The molecule has 1 nitrogen and oxygen atoms in total. The van der Waals surface area contributed by atoms with E-state index < -0.39 is 0 Å². The van der Waals surface area contributed by atoms with Gasteiger partial charge in [0.1, 0.15) is 0 Å². The van der Waals surface area contributed by atoms with E-state index in [4.69, 9.17) is 0 Å². The van der Waals surface area contributed by atoms with Gasteiger partial charge in [0.15, 0.2) is 0 Å². The number of nitrogens with zero attached hydrogens (tertiary/aromatic N) is 1. The lowest BCUT2D eigenvalue weighted by molar-refractivity contribution is 1.15. The van der Waals surface area contributed by atoms with Crippen molar-refractivity contribution in [2.24, 2.45) is 0 Å². The van der Waals surface area contributed by atoms with E-state index in [-0.39, 0.29) is 0 Å². The molecule has 0 fully saturated rings. The summed E-state index contributed by atoms with van der Waals surface area (Å²) in [7, 11) is 0. The third-order valence-corrected chi connectivity index (χ3v) is 5.08. The maximum atomic E-state index is 2.38. The molecule has 0 bridgehead atoms. The predicted molar refractivity (Wildman–Crippen MR) is 94.7 cm³/mol. The highest BCUT2D eigenvalue weighted by atomic mass is 32.2. The van der Waals surface area contributed by atoms with Crippen molar-refractivity contribution < 1.29 is 0 Å². The third-order valence-electron chi connectivity index (χ3n) is 3.94.